The third kappa shape index (κ3) is 4.09. The average Bonchev–Trinajstić information content (AvgIpc) is 2.52. The summed E-state index contributed by atoms with van der Waals surface area (Å²) in [7, 11) is 0. The summed E-state index contributed by atoms with van der Waals surface area (Å²) < 4.78 is 0. The van der Waals surface area contributed by atoms with Crippen LogP contribution in [0.2, 0.25) is 0 Å². The molecule has 2 N–H and O–H groups in total. The minimum absolute atomic E-state index is 0.0275. The monoisotopic (exact) mass is 377 g/mol. The Morgan fingerprint density at radius 3 is 2.69 bits per heavy atom. The Balaban J connectivity index is 1.97. The van der Waals surface area contributed by atoms with Crippen molar-refractivity contribution in [1.82, 2.24) is 5.32 Å². The quantitative estimate of drug-likeness (QED) is 0.722. The smallest absolute Gasteiger partial charge is 0.220 e. The van der Waals surface area contributed by atoms with Crippen molar-refractivity contribution in [3.05, 3.63) is 35.9 Å². The van der Waals surface area contributed by atoms with Gasteiger partial charge in [-0.15, -0.1) is 11.6 Å². The van der Waals surface area contributed by atoms with Gasteiger partial charge < -0.3 is 10.4 Å². The molecule has 1 amide bonds. The highest BCUT2D eigenvalue weighted by Crippen LogP contribution is 2.56. The first-order valence-corrected chi connectivity index (χ1v) is 10.4. The molecule has 0 spiro atoms. The van der Waals surface area contributed by atoms with Crippen LogP contribution >= 0.6 is 11.6 Å². The molecule has 6 atom stereocenters. The van der Waals surface area contributed by atoms with Crippen molar-refractivity contribution in [1.29, 1.82) is 0 Å². The molecule has 2 saturated carbocycles. The lowest BCUT2D eigenvalue weighted by atomic mass is 9.55. The number of carbonyl (C=O) groups is 1. The van der Waals surface area contributed by atoms with Crippen LogP contribution in [0.5, 0.6) is 0 Å². The summed E-state index contributed by atoms with van der Waals surface area (Å²) in [5, 5.41) is 15.0. The van der Waals surface area contributed by atoms with Crippen molar-refractivity contribution < 1.29 is 9.90 Å². The lowest BCUT2D eigenvalue weighted by molar-refractivity contribution is -0.140. The van der Waals surface area contributed by atoms with E-state index in [1.165, 1.54) is 0 Å². The van der Waals surface area contributed by atoms with Crippen LogP contribution < -0.4 is 5.32 Å². The molecule has 0 radical (unpaired) electrons. The first kappa shape index (κ1) is 19.7. The summed E-state index contributed by atoms with van der Waals surface area (Å²) in [6.45, 7) is 6.28. The number of rotatable bonds is 5. The zero-order chi connectivity index (χ0) is 18.9. The maximum absolute atomic E-state index is 12.5. The van der Waals surface area contributed by atoms with Crippen LogP contribution in [0.15, 0.2) is 30.3 Å². The number of carbonyl (C=O) groups excluding carboxylic acids is 1. The predicted molar refractivity (Wildman–Crippen MR) is 106 cm³/mol. The molecule has 2 aliphatic carbocycles. The second-order valence-corrected chi connectivity index (χ2v) is 9.83. The highest BCUT2D eigenvalue weighted by molar-refractivity contribution is 6.23. The minimum Gasteiger partial charge on any atom is -0.389 e. The van der Waals surface area contributed by atoms with Gasteiger partial charge in [-0.05, 0) is 56.4 Å². The van der Waals surface area contributed by atoms with Gasteiger partial charge in [0.1, 0.15) is 0 Å². The maximum atomic E-state index is 12.5. The van der Waals surface area contributed by atoms with Gasteiger partial charge in [0.15, 0.2) is 0 Å². The molecule has 1 aromatic rings. The van der Waals surface area contributed by atoms with Crippen molar-refractivity contribution >= 4 is 17.5 Å². The molecular formula is C22H32ClNO2. The number of alkyl halides is 1. The standard InChI is InChI=1S/C22H32ClNO2/c1-4-8-18(25)24-20(17-9-6-5-7-10-17)19-15(2)11-16-12-21(3,23)14-22(19,26)13-16/h5-7,9-10,15-16,19-20,26H,4,8,11-14H2,1-3H3,(H,24,25)/t15?,16-,19?,20?,21?,22?/m0/s1. The van der Waals surface area contributed by atoms with E-state index >= 15 is 0 Å². The summed E-state index contributed by atoms with van der Waals surface area (Å²) in [5.74, 6) is 0.827. The van der Waals surface area contributed by atoms with E-state index in [-0.39, 0.29) is 22.7 Å². The molecule has 5 unspecified atom stereocenters. The van der Waals surface area contributed by atoms with Crippen LogP contribution in [0.1, 0.15) is 70.9 Å². The molecule has 0 heterocycles. The Morgan fingerprint density at radius 2 is 2.04 bits per heavy atom. The third-order valence-corrected chi connectivity index (χ3v) is 6.57. The summed E-state index contributed by atoms with van der Waals surface area (Å²) in [5.41, 5.74) is 0.236. The first-order valence-electron chi connectivity index (χ1n) is 10.00. The van der Waals surface area contributed by atoms with Crippen LogP contribution in [-0.2, 0) is 4.79 Å². The minimum atomic E-state index is -0.836. The fraction of sp³-hybridized carbons (Fsp3) is 0.682. The Hall–Kier alpha value is -1.06. The van der Waals surface area contributed by atoms with Gasteiger partial charge in [0.2, 0.25) is 5.91 Å². The number of hydrogen-bond acceptors (Lipinski definition) is 2. The van der Waals surface area contributed by atoms with Crippen molar-refractivity contribution in [2.24, 2.45) is 17.8 Å². The van der Waals surface area contributed by atoms with Crippen LogP contribution in [0.4, 0.5) is 0 Å². The Labute approximate surface area is 162 Å². The van der Waals surface area contributed by atoms with Gasteiger partial charge in [-0.25, -0.2) is 0 Å². The molecule has 3 nitrogen and oxygen atoms in total. The molecule has 0 aliphatic heterocycles. The Kier molecular flexibility index (Phi) is 5.69. The van der Waals surface area contributed by atoms with E-state index in [1.807, 2.05) is 32.0 Å². The molecule has 4 heteroatoms. The maximum Gasteiger partial charge on any atom is 0.220 e. The SMILES string of the molecule is CCCC(=O)NC(c1ccccc1)C1C(C)C[C@H]2CC(C)(Cl)CC1(O)C2. The van der Waals surface area contributed by atoms with E-state index in [9.17, 15) is 9.90 Å². The molecule has 144 valence electrons. The lowest BCUT2D eigenvalue weighted by Crippen LogP contribution is -2.58. The van der Waals surface area contributed by atoms with Crippen LogP contribution in [0, 0.1) is 17.8 Å². The number of aliphatic hydroxyl groups is 1. The number of hydrogen-bond donors (Lipinski definition) is 2. The first-order chi connectivity index (χ1) is 12.2. The second-order valence-electron chi connectivity index (χ2n) is 8.91. The van der Waals surface area contributed by atoms with E-state index in [4.69, 9.17) is 11.6 Å². The van der Waals surface area contributed by atoms with Crippen LogP contribution in [0.25, 0.3) is 0 Å². The zero-order valence-electron chi connectivity index (χ0n) is 16.2. The molecule has 1 aromatic carbocycles. The van der Waals surface area contributed by atoms with Crippen molar-refractivity contribution in [3.63, 3.8) is 0 Å². The van der Waals surface area contributed by atoms with E-state index in [0.29, 0.717) is 24.7 Å². The average molecular weight is 378 g/mol. The number of nitrogens with one attached hydrogen (secondary N) is 1. The zero-order valence-corrected chi connectivity index (χ0v) is 16.9. The molecule has 3 rings (SSSR count). The molecule has 2 bridgehead atoms. The number of amides is 1. The van der Waals surface area contributed by atoms with Crippen molar-refractivity contribution in [3.8, 4) is 0 Å². The number of halogens is 1. The van der Waals surface area contributed by atoms with Gasteiger partial charge in [-0.2, -0.15) is 0 Å². The molecular weight excluding hydrogens is 346 g/mol. The van der Waals surface area contributed by atoms with Crippen LogP contribution in [0.3, 0.4) is 0 Å². The molecule has 26 heavy (non-hydrogen) atoms. The molecule has 0 saturated heterocycles. The molecule has 0 aromatic heterocycles. The molecule has 2 fully saturated rings. The normalized spacial score (nSPS) is 37.8. The lowest BCUT2D eigenvalue weighted by Gasteiger charge is -2.56. The second kappa shape index (κ2) is 7.52. The summed E-state index contributed by atoms with van der Waals surface area (Å²) >= 11 is 6.74. The van der Waals surface area contributed by atoms with E-state index in [2.05, 4.69) is 24.4 Å². The van der Waals surface area contributed by atoms with Gasteiger partial charge >= 0.3 is 0 Å². The van der Waals surface area contributed by atoms with Gasteiger partial charge in [0.05, 0.1) is 11.6 Å². The number of fused-ring (bicyclic) bond motifs is 2. The number of benzene rings is 1. The van der Waals surface area contributed by atoms with Crippen LogP contribution in [-0.4, -0.2) is 21.5 Å². The largest absolute Gasteiger partial charge is 0.389 e. The fourth-order valence-corrected chi connectivity index (χ4v) is 6.18. The highest BCUT2D eigenvalue weighted by Gasteiger charge is 2.56. The topological polar surface area (TPSA) is 49.3 Å². The Morgan fingerprint density at radius 1 is 1.35 bits per heavy atom. The Bertz CT molecular complexity index is 632. The summed E-state index contributed by atoms with van der Waals surface area (Å²) in [4.78, 5) is 12.1. The summed E-state index contributed by atoms with van der Waals surface area (Å²) in [6, 6.07) is 9.92. The van der Waals surface area contributed by atoms with Gasteiger partial charge in [0, 0.05) is 17.2 Å². The van der Waals surface area contributed by atoms with Crippen molar-refractivity contribution in [2.45, 2.75) is 75.8 Å². The van der Waals surface area contributed by atoms with Crippen molar-refractivity contribution in [2.75, 3.05) is 0 Å². The third-order valence-electron chi connectivity index (χ3n) is 6.28. The fourth-order valence-electron chi connectivity index (χ4n) is 5.73. The van der Waals surface area contributed by atoms with E-state index < -0.39 is 5.60 Å². The van der Waals surface area contributed by atoms with E-state index in [0.717, 1.165) is 31.2 Å². The van der Waals surface area contributed by atoms with Gasteiger partial charge in [-0.3, -0.25) is 4.79 Å². The predicted octanol–water partition coefficient (Wildman–Crippen LogP) is 4.83. The highest BCUT2D eigenvalue weighted by atomic mass is 35.5. The van der Waals surface area contributed by atoms with E-state index in [1.54, 1.807) is 0 Å². The van der Waals surface area contributed by atoms with Gasteiger partial charge in [0.25, 0.3) is 0 Å². The summed E-state index contributed by atoms with van der Waals surface area (Å²) in [6.07, 6.45) is 4.73. The molecule has 2 aliphatic rings. The van der Waals surface area contributed by atoms with Gasteiger partial charge in [-0.1, -0.05) is 44.2 Å².